The molecule has 1 unspecified atom stereocenters. The fourth-order valence-electron chi connectivity index (χ4n) is 2.72. The maximum Gasteiger partial charge on any atom is 0.300 e. The van der Waals surface area contributed by atoms with Gasteiger partial charge in [0.05, 0.1) is 0 Å². The van der Waals surface area contributed by atoms with Crippen LogP contribution in [-0.2, 0) is 10.1 Å². The Morgan fingerprint density at radius 2 is 1.05 bits per heavy atom. The largest absolute Gasteiger partial charge is 0.300 e. The van der Waals surface area contributed by atoms with Crippen LogP contribution < -0.4 is 0 Å². The number of alkyl halides is 1. The second-order valence-electron chi connectivity index (χ2n) is 6.39. The molecule has 134 valence electrons. The van der Waals surface area contributed by atoms with Crippen molar-refractivity contribution in [2.75, 3.05) is 0 Å². The quantitative estimate of drug-likeness (QED) is 0.292. The van der Waals surface area contributed by atoms with Crippen LogP contribution in [0.4, 0.5) is 4.39 Å². The molecule has 5 heteroatoms. The summed E-state index contributed by atoms with van der Waals surface area (Å²) < 4.78 is 46.2. The Balaban J connectivity index is 3.90. The van der Waals surface area contributed by atoms with E-state index in [-0.39, 0.29) is 12.8 Å². The van der Waals surface area contributed by atoms with Crippen molar-refractivity contribution in [1.82, 2.24) is 0 Å². The molecule has 0 saturated carbocycles. The first kappa shape index (κ1) is 21.8. The molecule has 0 aromatic heterocycles. The maximum atomic E-state index is 14.5. The Morgan fingerprint density at radius 3 is 1.45 bits per heavy atom. The van der Waals surface area contributed by atoms with E-state index in [4.69, 9.17) is 4.55 Å². The third-order valence-corrected chi connectivity index (χ3v) is 5.60. The Kier molecular flexibility index (Phi) is 12.2. The summed E-state index contributed by atoms with van der Waals surface area (Å²) in [6.07, 6.45) is 11.8. The molecule has 0 bridgehead atoms. The zero-order valence-corrected chi connectivity index (χ0v) is 15.3. The van der Waals surface area contributed by atoms with Crippen molar-refractivity contribution in [1.29, 1.82) is 0 Å². The minimum Gasteiger partial charge on any atom is -0.283 e. The number of halogens is 1. The van der Waals surface area contributed by atoms with Gasteiger partial charge in [0.1, 0.15) is 0 Å². The molecule has 1 atom stereocenters. The van der Waals surface area contributed by atoms with Crippen molar-refractivity contribution in [2.24, 2.45) is 0 Å². The molecule has 0 radical (unpaired) electrons. The Morgan fingerprint density at radius 1 is 0.727 bits per heavy atom. The molecular weight excluding hydrogens is 303 g/mol. The lowest BCUT2D eigenvalue weighted by Gasteiger charge is -2.22. The number of hydrogen-bond acceptors (Lipinski definition) is 2. The van der Waals surface area contributed by atoms with Crippen molar-refractivity contribution in [3.05, 3.63) is 0 Å². The summed E-state index contributed by atoms with van der Waals surface area (Å²) in [4.78, 5) is 0. The van der Waals surface area contributed by atoms with E-state index in [1.165, 1.54) is 32.1 Å². The highest BCUT2D eigenvalue weighted by Crippen LogP contribution is 2.32. The van der Waals surface area contributed by atoms with E-state index in [2.05, 4.69) is 6.92 Å². The van der Waals surface area contributed by atoms with Crippen LogP contribution in [0.2, 0.25) is 0 Å². The molecule has 0 fully saturated rings. The van der Waals surface area contributed by atoms with Gasteiger partial charge in [0, 0.05) is 0 Å². The van der Waals surface area contributed by atoms with Gasteiger partial charge in [-0.25, -0.2) is 4.39 Å². The summed E-state index contributed by atoms with van der Waals surface area (Å²) in [5.74, 6) is 0. The van der Waals surface area contributed by atoms with Gasteiger partial charge in [0.2, 0.25) is 5.00 Å². The lowest BCUT2D eigenvalue weighted by Crippen LogP contribution is -2.33. The third-order valence-electron chi connectivity index (χ3n) is 4.27. The highest BCUT2D eigenvalue weighted by atomic mass is 32.2. The van der Waals surface area contributed by atoms with Crippen LogP contribution in [0.15, 0.2) is 0 Å². The zero-order valence-electron chi connectivity index (χ0n) is 14.4. The molecule has 0 aliphatic rings. The SMILES string of the molecule is CCCCCCCCCCCC(F)(CCCCC)S(=O)(=O)O. The van der Waals surface area contributed by atoms with Crippen LogP contribution in [0.5, 0.6) is 0 Å². The molecule has 0 spiro atoms. The van der Waals surface area contributed by atoms with Crippen LogP contribution in [0.1, 0.15) is 104 Å². The number of unbranched alkanes of at least 4 members (excludes halogenated alkanes) is 10. The van der Waals surface area contributed by atoms with Crippen LogP contribution >= 0.6 is 0 Å². The van der Waals surface area contributed by atoms with E-state index >= 15 is 0 Å². The highest BCUT2D eigenvalue weighted by Gasteiger charge is 2.41. The van der Waals surface area contributed by atoms with Gasteiger partial charge in [-0.1, -0.05) is 78.1 Å². The smallest absolute Gasteiger partial charge is 0.283 e. The molecule has 0 heterocycles. The predicted octanol–water partition coefficient (Wildman–Crippen LogP) is 6.04. The lowest BCUT2D eigenvalue weighted by atomic mass is 10.0. The van der Waals surface area contributed by atoms with Gasteiger partial charge in [-0.2, -0.15) is 8.42 Å². The summed E-state index contributed by atoms with van der Waals surface area (Å²) >= 11 is 0. The highest BCUT2D eigenvalue weighted by molar-refractivity contribution is 7.87. The molecule has 22 heavy (non-hydrogen) atoms. The average Bonchev–Trinajstić information content (AvgIpc) is 2.44. The fourth-order valence-corrected chi connectivity index (χ4v) is 3.53. The van der Waals surface area contributed by atoms with Crippen LogP contribution in [-0.4, -0.2) is 18.0 Å². The standard InChI is InChI=1S/C17H35FO3S/c1-3-5-7-8-9-10-11-12-14-16-17(18,22(19,20)21)15-13-6-4-2/h3-16H2,1-2H3,(H,19,20,21). The molecule has 1 N–H and O–H groups in total. The van der Waals surface area contributed by atoms with Crippen molar-refractivity contribution in [3.8, 4) is 0 Å². The lowest BCUT2D eigenvalue weighted by molar-refractivity contribution is 0.203. The Labute approximate surface area is 136 Å². The minimum absolute atomic E-state index is 0.0780. The van der Waals surface area contributed by atoms with Crippen molar-refractivity contribution in [3.63, 3.8) is 0 Å². The molecule has 0 aliphatic heterocycles. The maximum absolute atomic E-state index is 14.5. The van der Waals surface area contributed by atoms with Gasteiger partial charge < -0.3 is 0 Å². The van der Waals surface area contributed by atoms with Crippen LogP contribution in [0.3, 0.4) is 0 Å². The van der Waals surface area contributed by atoms with E-state index in [9.17, 15) is 12.8 Å². The van der Waals surface area contributed by atoms with Gasteiger partial charge in [-0.3, -0.25) is 4.55 Å². The van der Waals surface area contributed by atoms with Crippen molar-refractivity contribution < 1.29 is 17.4 Å². The first-order valence-electron chi connectivity index (χ1n) is 9.03. The van der Waals surface area contributed by atoms with Crippen molar-refractivity contribution in [2.45, 2.75) is 109 Å². The normalized spacial score (nSPS) is 14.9. The summed E-state index contributed by atoms with van der Waals surface area (Å²) in [5.41, 5.74) is 0. The minimum atomic E-state index is -4.62. The second kappa shape index (κ2) is 12.3. The molecule has 0 saturated heterocycles. The molecule has 3 nitrogen and oxygen atoms in total. The molecule has 0 aromatic carbocycles. The molecule has 0 amide bonds. The summed E-state index contributed by atoms with van der Waals surface area (Å²) in [6, 6.07) is 0. The second-order valence-corrected chi connectivity index (χ2v) is 8.08. The summed E-state index contributed by atoms with van der Waals surface area (Å²) in [7, 11) is -4.62. The van der Waals surface area contributed by atoms with Gasteiger partial charge in [-0.05, 0) is 25.7 Å². The van der Waals surface area contributed by atoms with E-state index < -0.39 is 15.1 Å². The third kappa shape index (κ3) is 9.78. The fraction of sp³-hybridized carbons (Fsp3) is 1.00. The molecular formula is C17H35FO3S. The number of rotatable bonds is 15. The van der Waals surface area contributed by atoms with E-state index in [0.717, 1.165) is 32.1 Å². The molecule has 0 aromatic rings. The summed E-state index contributed by atoms with van der Waals surface area (Å²) in [5, 5.41) is -2.44. The topological polar surface area (TPSA) is 54.4 Å². The van der Waals surface area contributed by atoms with Gasteiger partial charge in [-0.15, -0.1) is 0 Å². The van der Waals surface area contributed by atoms with Gasteiger partial charge in [0.25, 0.3) is 10.1 Å². The van der Waals surface area contributed by atoms with E-state index in [0.29, 0.717) is 12.8 Å². The zero-order chi connectivity index (χ0) is 16.9. The van der Waals surface area contributed by atoms with Crippen LogP contribution in [0.25, 0.3) is 0 Å². The first-order valence-corrected chi connectivity index (χ1v) is 10.5. The average molecular weight is 339 g/mol. The van der Waals surface area contributed by atoms with E-state index in [1.54, 1.807) is 0 Å². The molecule has 0 aliphatic carbocycles. The first-order chi connectivity index (χ1) is 10.4. The van der Waals surface area contributed by atoms with Gasteiger partial charge >= 0.3 is 0 Å². The Bertz CT molecular complexity index is 357. The monoisotopic (exact) mass is 338 g/mol. The van der Waals surface area contributed by atoms with E-state index in [1.807, 2.05) is 6.92 Å². The van der Waals surface area contributed by atoms with Crippen molar-refractivity contribution >= 4 is 10.1 Å². The van der Waals surface area contributed by atoms with Crippen LogP contribution in [0, 0.1) is 0 Å². The Hall–Kier alpha value is -0.160. The summed E-state index contributed by atoms with van der Waals surface area (Å²) in [6.45, 7) is 4.17. The number of hydrogen-bond donors (Lipinski definition) is 1. The van der Waals surface area contributed by atoms with Gasteiger partial charge in [0.15, 0.2) is 0 Å². The predicted molar refractivity (Wildman–Crippen MR) is 91.4 cm³/mol. The molecule has 0 rings (SSSR count).